The number of hydrogen-bond acceptors (Lipinski definition) is 7. The molecule has 1 N–H and O–H groups in total. The third kappa shape index (κ3) is 4.99. The Hall–Kier alpha value is -3.49. The van der Waals surface area contributed by atoms with Crippen LogP contribution in [-0.4, -0.2) is 29.4 Å². The van der Waals surface area contributed by atoms with Gasteiger partial charge in [-0.25, -0.2) is 31.9 Å². The van der Waals surface area contributed by atoms with Crippen molar-refractivity contribution in [2.24, 2.45) is 0 Å². The Morgan fingerprint density at radius 1 is 1.14 bits per heavy atom. The van der Waals surface area contributed by atoms with Gasteiger partial charge in [-0.05, 0) is 62.4 Å². The Morgan fingerprint density at radius 3 is 2.57 bits per heavy atom. The number of ether oxygens (including phenoxy) is 1. The summed E-state index contributed by atoms with van der Waals surface area (Å²) < 4.78 is 61.7. The molecule has 0 spiro atoms. The molecule has 0 atom stereocenters. The number of alkyl halides is 2. The van der Waals surface area contributed by atoms with Crippen LogP contribution >= 0.6 is 0 Å². The predicted octanol–water partition coefficient (Wildman–Crippen LogP) is 4.77. The lowest BCUT2D eigenvalue weighted by atomic mass is 10.1. The average molecular weight is 498 g/mol. The SMILES string of the molecule is Cc1cc(C(F)F)nc(C2CC2)c1Oc1nc(-c2cncc(C#N)c2)ccc1S(=O)(=O)NC1CC1. The van der Waals surface area contributed by atoms with E-state index in [1.807, 2.05) is 6.07 Å². The topological polar surface area (TPSA) is 118 Å². The molecule has 0 unspecified atom stereocenters. The molecule has 3 aromatic heterocycles. The minimum absolute atomic E-state index is 0.0354. The van der Waals surface area contributed by atoms with Crippen LogP contribution in [-0.2, 0) is 10.0 Å². The zero-order chi connectivity index (χ0) is 24.7. The van der Waals surface area contributed by atoms with E-state index in [9.17, 15) is 22.5 Å². The number of aryl methyl sites for hydroxylation is 1. The van der Waals surface area contributed by atoms with Gasteiger partial charge in [-0.1, -0.05) is 0 Å². The first-order valence-corrected chi connectivity index (χ1v) is 12.6. The number of aromatic nitrogens is 3. The largest absolute Gasteiger partial charge is 0.435 e. The number of pyridine rings is 3. The molecule has 0 saturated heterocycles. The predicted molar refractivity (Wildman–Crippen MR) is 122 cm³/mol. The Kier molecular flexibility index (Phi) is 5.94. The van der Waals surface area contributed by atoms with E-state index < -0.39 is 16.4 Å². The van der Waals surface area contributed by atoms with Crippen LogP contribution in [0, 0.1) is 18.3 Å². The fourth-order valence-electron chi connectivity index (χ4n) is 3.68. The molecule has 0 amide bonds. The summed E-state index contributed by atoms with van der Waals surface area (Å²) in [6.07, 6.45) is 3.23. The molecule has 2 aliphatic rings. The number of nitriles is 1. The number of nitrogens with zero attached hydrogens (tertiary/aromatic N) is 4. The summed E-state index contributed by atoms with van der Waals surface area (Å²) in [5.74, 6) is -0.00494. The molecule has 0 bridgehead atoms. The van der Waals surface area contributed by atoms with Crippen molar-refractivity contribution >= 4 is 10.0 Å². The highest BCUT2D eigenvalue weighted by Crippen LogP contribution is 2.46. The van der Waals surface area contributed by atoms with Gasteiger partial charge < -0.3 is 4.74 Å². The van der Waals surface area contributed by atoms with E-state index in [2.05, 4.69) is 19.7 Å². The molecule has 0 aliphatic heterocycles. The monoisotopic (exact) mass is 497 g/mol. The standard InChI is InChI=1S/C24H21F2N5O3S/c1-13-8-19(23(25)26)29-21(15-2-3-15)22(13)34-24-20(35(32,33)31-17-4-5-17)7-6-18(30-24)16-9-14(10-27)11-28-12-16/h6-9,11-12,15,17,23,31H,2-5H2,1H3. The summed E-state index contributed by atoms with van der Waals surface area (Å²) in [5.41, 5.74) is 1.60. The smallest absolute Gasteiger partial charge is 0.280 e. The fraction of sp³-hybridized carbons (Fsp3) is 0.333. The Balaban J connectivity index is 1.63. The fourth-order valence-corrected chi connectivity index (χ4v) is 5.04. The van der Waals surface area contributed by atoms with Crippen molar-refractivity contribution in [1.82, 2.24) is 19.7 Å². The molecule has 5 rings (SSSR count). The maximum absolute atomic E-state index is 13.4. The summed E-state index contributed by atoms with van der Waals surface area (Å²) in [7, 11) is -3.96. The summed E-state index contributed by atoms with van der Waals surface area (Å²) >= 11 is 0. The third-order valence-corrected chi connectivity index (χ3v) is 7.30. The molecular formula is C24H21F2N5O3S. The number of hydrogen-bond donors (Lipinski definition) is 1. The van der Waals surface area contributed by atoms with Crippen LogP contribution in [0.15, 0.2) is 41.6 Å². The molecule has 8 nitrogen and oxygen atoms in total. The highest BCUT2D eigenvalue weighted by atomic mass is 32.2. The first-order valence-electron chi connectivity index (χ1n) is 11.1. The molecule has 0 radical (unpaired) electrons. The lowest BCUT2D eigenvalue weighted by Gasteiger charge is -2.17. The van der Waals surface area contributed by atoms with Crippen LogP contribution in [0.4, 0.5) is 8.78 Å². The van der Waals surface area contributed by atoms with Crippen molar-refractivity contribution in [2.75, 3.05) is 0 Å². The van der Waals surface area contributed by atoms with E-state index in [-0.39, 0.29) is 34.2 Å². The molecule has 2 saturated carbocycles. The van der Waals surface area contributed by atoms with Crippen molar-refractivity contribution < 1.29 is 21.9 Å². The lowest BCUT2D eigenvalue weighted by molar-refractivity contribution is 0.145. The Morgan fingerprint density at radius 2 is 1.91 bits per heavy atom. The third-order valence-electron chi connectivity index (χ3n) is 5.77. The van der Waals surface area contributed by atoms with Gasteiger partial charge in [0, 0.05) is 29.9 Å². The lowest BCUT2D eigenvalue weighted by Crippen LogP contribution is -2.26. The summed E-state index contributed by atoms with van der Waals surface area (Å²) in [6.45, 7) is 1.62. The highest BCUT2D eigenvalue weighted by molar-refractivity contribution is 7.89. The first kappa shape index (κ1) is 23.3. The minimum atomic E-state index is -3.96. The van der Waals surface area contributed by atoms with Crippen molar-refractivity contribution in [3.8, 4) is 29.0 Å². The van der Waals surface area contributed by atoms with Gasteiger partial charge in [-0.15, -0.1) is 0 Å². The van der Waals surface area contributed by atoms with E-state index in [1.54, 1.807) is 13.0 Å². The van der Waals surface area contributed by atoms with Crippen LogP contribution in [0.1, 0.15) is 60.5 Å². The molecule has 3 heterocycles. The van der Waals surface area contributed by atoms with Crippen molar-refractivity contribution in [3.05, 3.63) is 59.2 Å². The summed E-state index contributed by atoms with van der Waals surface area (Å²) in [4.78, 5) is 12.5. The van der Waals surface area contributed by atoms with Crippen LogP contribution in [0.2, 0.25) is 0 Å². The van der Waals surface area contributed by atoms with Gasteiger partial charge in [-0.2, -0.15) is 5.26 Å². The molecular weight excluding hydrogens is 476 g/mol. The van der Waals surface area contributed by atoms with Crippen LogP contribution in [0.3, 0.4) is 0 Å². The van der Waals surface area contributed by atoms with Crippen LogP contribution in [0.25, 0.3) is 11.3 Å². The van der Waals surface area contributed by atoms with Gasteiger partial charge >= 0.3 is 0 Å². The second-order valence-electron chi connectivity index (χ2n) is 8.72. The molecule has 180 valence electrons. The van der Waals surface area contributed by atoms with Gasteiger partial charge in [0.05, 0.1) is 17.0 Å². The second-order valence-corrected chi connectivity index (χ2v) is 10.4. The zero-order valence-corrected chi connectivity index (χ0v) is 19.5. The van der Waals surface area contributed by atoms with Crippen LogP contribution in [0.5, 0.6) is 11.6 Å². The average Bonchev–Trinajstić information content (AvgIpc) is 3.75. The van der Waals surface area contributed by atoms with E-state index in [0.717, 1.165) is 25.7 Å². The maximum atomic E-state index is 13.4. The molecule has 3 aromatic rings. The normalized spacial score (nSPS) is 15.7. The minimum Gasteiger partial charge on any atom is -0.435 e. The van der Waals surface area contributed by atoms with Gasteiger partial charge in [0.1, 0.15) is 16.7 Å². The van der Waals surface area contributed by atoms with Gasteiger partial charge in [-0.3, -0.25) is 4.98 Å². The molecule has 2 aliphatic carbocycles. The van der Waals surface area contributed by atoms with Crippen LogP contribution < -0.4 is 9.46 Å². The number of nitrogens with one attached hydrogen (secondary N) is 1. The van der Waals surface area contributed by atoms with Gasteiger partial charge in [0.2, 0.25) is 15.9 Å². The maximum Gasteiger partial charge on any atom is 0.280 e. The molecule has 2 fully saturated rings. The van der Waals surface area contributed by atoms with E-state index in [4.69, 9.17) is 4.74 Å². The molecule has 35 heavy (non-hydrogen) atoms. The zero-order valence-electron chi connectivity index (χ0n) is 18.7. The second kappa shape index (κ2) is 8.94. The quantitative estimate of drug-likeness (QED) is 0.476. The first-order chi connectivity index (χ1) is 16.7. The number of rotatable bonds is 8. The molecule has 0 aromatic carbocycles. The van der Waals surface area contributed by atoms with E-state index in [0.29, 0.717) is 28.1 Å². The van der Waals surface area contributed by atoms with Crippen molar-refractivity contribution in [2.45, 2.75) is 55.9 Å². The van der Waals surface area contributed by atoms with Crippen molar-refractivity contribution in [1.29, 1.82) is 5.26 Å². The summed E-state index contributed by atoms with van der Waals surface area (Å²) in [5, 5.41) is 9.20. The number of sulfonamides is 1. The summed E-state index contributed by atoms with van der Waals surface area (Å²) in [6, 6.07) is 7.59. The Labute approximate surface area is 201 Å². The van der Waals surface area contributed by atoms with E-state index >= 15 is 0 Å². The van der Waals surface area contributed by atoms with Crippen molar-refractivity contribution in [3.63, 3.8) is 0 Å². The van der Waals surface area contributed by atoms with E-state index in [1.165, 1.54) is 30.6 Å². The van der Waals surface area contributed by atoms with Gasteiger partial charge in [0.25, 0.3) is 6.43 Å². The van der Waals surface area contributed by atoms with Gasteiger partial charge in [0.15, 0.2) is 5.75 Å². The Bertz CT molecular complexity index is 1450. The molecule has 11 heteroatoms. The number of halogens is 2. The highest BCUT2D eigenvalue weighted by Gasteiger charge is 2.34.